The summed E-state index contributed by atoms with van der Waals surface area (Å²) >= 11 is 0. The Morgan fingerprint density at radius 3 is 2.80 bits per heavy atom. The van der Waals surface area contributed by atoms with E-state index in [0.29, 0.717) is 19.0 Å². The molecule has 0 radical (unpaired) electrons. The molecule has 1 fully saturated rings. The molecule has 2 N–H and O–H groups in total. The molecule has 1 aromatic carbocycles. The first-order valence-electron chi connectivity index (χ1n) is 9.84. The Kier molecular flexibility index (Phi) is 6.13. The topological polar surface area (TPSA) is 52.6 Å². The highest BCUT2D eigenvalue weighted by Crippen LogP contribution is 2.42. The number of aryl methyl sites for hydroxylation is 1. The number of nitrogens with one attached hydrogen (secondary N) is 1. The van der Waals surface area contributed by atoms with Crippen molar-refractivity contribution in [2.24, 2.45) is 5.92 Å². The molecule has 1 amide bonds. The summed E-state index contributed by atoms with van der Waals surface area (Å²) in [5.74, 6) is 0.749. The standard InChI is InChI=1S/C21H32N2O2/c1-15-7-6-10-19-18(15)11-12-23(20(25)14-22-13-16(2)24)21(19)17-8-4-3-5-9-17/h6-7,10,16-17,21-22,24H,3-5,8-9,11-14H2,1-2H3/t16-,21?/m1/s1. The van der Waals surface area contributed by atoms with Crippen LogP contribution in [0.25, 0.3) is 0 Å². The molecular weight excluding hydrogens is 312 g/mol. The van der Waals surface area contributed by atoms with Crippen LogP contribution in [-0.2, 0) is 11.2 Å². The van der Waals surface area contributed by atoms with Gasteiger partial charge >= 0.3 is 0 Å². The molecule has 3 rings (SSSR count). The van der Waals surface area contributed by atoms with Gasteiger partial charge in [0.2, 0.25) is 5.91 Å². The lowest BCUT2D eigenvalue weighted by Gasteiger charge is -2.43. The number of fused-ring (bicyclic) bond motifs is 1. The minimum Gasteiger partial charge on any atom is -0.392 e. The van der Waals surface area contributed by atoms with E-state index >= 15 is 0 Å². The summed E-state index contributed by atoms with van der Waals surface area (Å²) in [5.41, 5.74) is 4.19. The number of hydrogen-bond acceptors (Lipinski definition) is 3. The number of benzene rings is 1. The van der Waals surface area contributed by atoms with E-state index in [4.69, 9.17) is 0 Å². The number of amides is 1. The van der Waals surface area contributed by atoms with Crippen molar-refractivity contribution in [2.45, 2.75) is 64.5 Å². The summed E-state index contributed by atoms with van der Waals surface area (Å²) in [6.07, 6.45) is 6.87. The van der Waals surface area contributed by atoms with Crippen molar-refractivity contribution in [3.05, 3.63) is 34.9 Å². The Morgan fingerprint density at radius 2 is 2.08 bits per heavy atom. The van der Waals surface area contributed by atoms with Crippen LogP contribution in [0, 0.1) is 12.8 Å². The second kappa shape index (κ2) is 8.33. The third-order valence-electron chi connectivity index (χ3n) is 5.84. The molecule has 0 aromatic heterocycles. The maximum atomic E-state index is 12.9. The highest BCUT2D eigenvalue weighted by atomic mass is 16.3. The summed E-state index contributed by atoms with van der Waals surface area (Å²) in [6, 6.07) is 6.80. The first-order valence-corrected chi connectivity index (χ1v) is 9.84. The van der Waals surface area contributed by atoms with Gasteiger partial charge in [-0.1, -0.05) is 37.5 Å². The van der Waals surface area contributed by atoms with Crippen molar-refractivity contribution in [1.29, 1.82) is 0 Å². The lowest BCUT2D eigenvalue weighted by molar-refractivity contribution is -0.134. The molecule has 1 heterocycles. The van der Waals surface area contributed by atoms with Crippen molar-refractivity contribution in [1.82, 2.24) is 10.2 Å². The van der Waals surface area contributed by atoms with Crippen molar-refractivity contribution < 1.29 is 9.90 Å². The number of carbonyl (C=O) groups excluding carboxylic acids is 1. The highest BCUT2D eigenvalue weighted by Gasteiger charge is 2.36. The number of aliphatic hydroxyl groups excluding tert-OH is 1. The molecular formula is C21H32N2O2. The quantitative estimate of drug-likeness (QED) is 0.863. The first-order chi connectivity index (χ1) is 12.1. The zero-order valence-electron chi connectivity index (χ0n) is 15.6. The van der Waals surface area contributed by atoms with E-state index in [1.54, 1.807) is 6.92 Å². The zero-order valence-corrected chi connectivity index (χ0v) is 15.6. The third kappa shape index (κ3) is 4.24. The highest BCUT2D eigenvalue weighted by molar-refractivity contribution is 5.79. The molecule has 1 aromatic rings. The molecule has 2 aliphatic rings. The average Bonchev–Trinajstić information content (AvgIpc) is 2.61. The fourth-order valence-electron chi connectivity index (χ4n) is 4.61. The van der Waals surface area contributed by atoms with Gasteiger partial charge in [0.15, 0.2) is 0 Å². The van der Waals surface area contributed by atoms with Crippen LogP contribution in [0.3, 0.4) is 0 Å². The lowest BCUT2D eigenvalue weighted by Crippen LogP contribution is -2.47. The van der Waals surface area contributed by atoms with E-state index in [1.165, 1.54) is 48.8 Å². The minimum absolute atomic E-state index is 0.170. The molecule has 1 saturated carbocycles. The molecule has 0 saturated heterocycles. The van der Waals surface area contributed by atoms with Crippen molar-refractivity contribution in [3.8, 4) is 0 Å². The molecule has 0 spiro atoms. The van der Waals surface area contributed by atoms with E-state index < -0.39 is 6.10 Å². The Bertz CT molecular complexity index is 594. The summed E-state index contributed by atoms with van der Waals surface area (Å²) in [6.45, 7) is 5.52. The van der Waals surface area contributed by atoms with Crippen molar-refractivity contribution in [3.63, 3.8) is 0 Å². The van der Waals surface area contributed by atoms with Crippen LogP contribution in [0.15, 0.2) is 18.2 Å². The fourth-order valence-corrected chi connectivity index (χ4v) is 4.61. The minimum atomic E-state index is -0.424. The lowest BCUT2D eigenvalue weighted by atomic mass is 9.76. The molecule has 1 unspecified atom stereocenters. The van der Waals surface area contributed by atoms with Crippen LogP contribution in [0.4, 0.5) is 0 Å². The SMILES string of the molecule is Cc1cccc2c1CCN(C(=O)CNC[C@@H](C)O)C2C1CCCCC1. The first kappa shape index (κ1) is 18.4. The molecule has 138 valence electrons. The number of rotatable bonds is 5. The van der Waals surface area contributed by atoms with Crippen molar-refractivity contribution >= 4 is 5.91 Å². The summed E-state index contributed by atoms with van der Waals surface area (Å²) in [5, 5.41) is 12.5. The molecule has 25 heavy (non-hydrogen) atoms. The van der Waals surface area contributed by atoms with Crippen molar-refractivity contribution in [2.75, 3.05) is 19.6 Å². The van der Waals surface area contributed by atoms with E-state index in [9.17, 15) is 9.90 Å². The van der Waals surface area contributed by atoms with Gasteiger partial charge in [-0.05, 0) is 55.7 Å². The number of aliphatic hydroxyl groups is 1. The van der Waals surface area contributed by atoms with Crippen LogP contribution in [0.5, 0.6) is 0 Å². The van der Waals surface area contributed by atoms with E-state index in [-0.39, 0.29) is 11.9 Å². The predicted octanol–water partition coefficient (Wildman–Crippen LogP) is 2.97. The van der Waals surface area contributed by atoms with Gasteiger partial charge in [0.05, 0.1) is 18.7 Å². The smallest absolute Gasteiger partial charge is 0.237 e. The van der Waals surface area contributed by atoms with Gasteiger partial charge in [-0.25, -0.2) is 0 Å². The maximum absolute atomic E-state index is 12.9. The monoisotopic (exact) mass is 344 g/mol. The molecule has 4 nitrogen and oxygen atoms in total. The zero-order chi connectivity index (χ0) is 17.8. The van der Waals surface area contributed by atoms with E-state index in [1.807, 2.05) is 0 Å². The van der Waals surface area contributed by atoms with Crippen LogP contribution < -0.4 is 5.32 Å². The van der Waals surface area contributed by atoms with E-state index in [2.05, 4.69) is 35.3 Å². The van der Waals surface area contributed by atoms with E-state index in [0.717, 1.165) is 13.0 Å². The van der Waals surface area contributed by atoms with Crippen LogP contribution in [0.1, 0.15) is 61.8 Å². The predicted molar refractivity (Wildman–Crippen MR) is 100 cm³/mol. The normalized spacial score (nSPS) is 22.5. The summed E-state index contributed by atoms with van der Waals surface area (Å²) < 4.78 is 0. The Morgan fingerprint density at radius 1 is 1.32 bits per heavy atom. The maximum Gasteiger partial charge on any atom is 0.237 e. The molecule has 0 bridgehead atoms. The van der Waals surface area contributed by atoms with Gasteiger partial charge in [0.25, 0.3) is 0 Å². The molecule has 1 aliphatic heterocycles. The van der Waals surface area contributed by atoms with Crippen LogP contribution in [-0.4, -0.2) is 41.7 Å². The second-order valence-electron chi connectivity index (χ2n) is 7.80. The van der Waals surface area contributed by atoms with Gasteiger partial charge < -0.3 is 15.3 Å². The van der Waals surface area contributed by atoms with Gasteiger partial charge in [-0.2, -0.15) is 0 Å². The Hall–Kier alpha value is -1.39. The number of nitrogens with zero attached hydrogens (tertiary/aromatic N) is 1. The summed E-state index contributed by atoms with van der Waals surface area (Å²) in [4.78, 5) is 15.0. The largest absolute Gasteiger partial charge is 0.392 e. The second-order valence-corrected chi connectivity index (χ2v) is 7.80. The van der Waals surface area contributed by atoms with Crippen LogP contribution >= 0.6 is 0 Å². The van der Waals surface area contributed by atoms with Gasteiger partial charge in [0, 0.05) is 13.1 Å². The third-order valence-corrected chi connectivity index (χ3v) is 5.84. The molecule has 4 heteroatoms. The fraction of sp³-hybridized carbons (Fsp3) is 0.667. The van der Waals surface area contributed by atoms with Gasteiger partial charge in [0.1, 0.15) is 0 Å². The molecule has 2 atom stereocenters. The average molecular weight is 344 g/mol. The molecule has 1 aliphatic carbocycles. The Balaban J connectivity index is 1.82. The summed E-state index contributed by atoms with van der Waals surface area (Å²) in [7, 11) is 0. The Labute approximate surface area is 151 Å². The number of carbonyl (C=O) groups is 1. The van der Waals surface area contributed by atoms with Crippen LogP contribution in [0.2, 0.25) is 0 Å². The van der Waals surface area contributed by atoms with Gasteiger partial charge in [-0.15, -0.1) is 0 Å². The number of hydrogen-bond donors (Lipinski definition) is 2. The van der Waals surface area contributed by atoms with Gasteiger partial charge in [-0.3, -0.25) is 4.79 Å².